The topological polar surface area (TPSA) is 60.5 Å². The van der Waals surface area contributed by atoms with E-state index >= 15 is 0 Å². The van der Waals surface area contributed by atoms with Gasteiger partial charge in [-0.1, -0.05) is 11.6 Å². The highest BCUT2D eigenvalue weighted by molar-refractivity contribution is 6.65. The standard InChI is InChI=1S/C13H18BClN2O3/c1-12(2)13(3,4)20-14(19-12)8-7-17-10(6-9(8)15)11(18)16-5/h6-7H,1-5H3,(H,16,18). The smallest absolute Gasteiger partial charge is 0.399 e. The molecule has 1 aliphatic heterocycles. The molecule has 0 radical (unpaired) electrons. The predicted octanol–water partition coefficient (Wildman–Crippen LogP) is 1.39. The van der Waals surface area contributed by atoms with E-state index in [-0.39, 0.29) is 11.6 Å². The van der Waals surface area contributed by atoms with Crippen LogP contribution in [0.2, 0.25) is 5.02 Å². The Morgan fingerprint density at radius 2 is 1.85 bits per heavy atom. The molecule has 0 bridgehead atoms. The predicted molar refractivity (Wildman–Crippen MR) is 78.4 cm³/mol. The molecule has 1 aromatic rings. The van der Waals surface area contributed by atoms with E-state index in [0.29, 0.717) is 10.5 Å². The van der Waals surface area contributed by atoms with Gasteiger partial charge in [0, 0.05) is 23.7 Å². The number of hydrogen-bond acceptors (Lipinski definition) is 4. The molecule has 0 aliphatic carbocycles. The zero-order valence-corrected chi connectivity index (χ0v) is 13.0. The Labute approximate surface area is 124 Å². The third kappa shape index (κ3) is 2.55. The molecule has 0 saturated carbocycles. The Bertz CT molecular complexity index is 532. The first-order chi connectivity index (χ1) is 9.18. The second-order valence-electron chi connectivity index (χ2n) is 5.76. The maximum atomic E-state index is 11.5. The van der Waals surface area contributed by atoms with Gasteiger partial charge < -0.3 is 14.6 Å². The van der Waals surface area contributed by atoms with E-state index in [9.17, 15) is 4.79 Å². The lowest BCUT2D eigenvalue weighted by atomic mass is 9.80. The van der Waals surface area contributed by atoms with Gasteiger partial charge in [0.25, 0.3) is 5.91 Å². The molecule has 2 heterocycles. The summed E-state index contributed by atoms with van der Waals surface area (Å²) in [4.78, 5) is 15.6. The van der Waals surface area contributed by atoms with Crippen molar-refractivity contribution in [3.63, 3.8) is 0 Å². The van der Waals surface area contributed by atoms with Crippen LogP contribution in [-0.4, -0.2) is 36.3 Å². The number of aromatic nitrogens is 1. The van der Waals surface area contributed by atoms with Gasteiger partial charge in [0.05, 0.1) is 11.2 Å². The van der Waals surface area contributed by atoms with E-state index in [1.807, 2.05) is 27.7 Å². The fourth-order valence-electron chi connectivity index (χ4n) is 1.84. The Hall–Kier alpha value is -1.11. The lowest BCUT2D eigenvalue weighted by Crippen LogP contribution is -2.41. The van der Waals surface area contributed by atoms with Crippen LogP contribution in [0.4, 0.5) is 0 Å². The van der Waals surface area contributed by atoms with Crippen LogP contribution in [0, 0.1) is 0 Å². The highest BCUT2D eigenvalue weighted by Crippen LogP contribution is 2.36. The highest BCUT2D eigenvalue weighted by atomic mass is 35.5. The third-order valence-corrected chi connectivity index (χ3v) is 4.18. The van der Waals surface area contributed by atoms with Crippen LogP contribution >= 0.6 is 11.6 Å². The average Bonchev–Trinajstić information content (AvgIpc) is 2.57. The van der Waals surface area contributed by atoms with Crippen molar-refractivity contribution in [3.8, 4) is 0 Å². The molecular weight excluding hydrogens is 278 g/mol. The van der Waals surface area contributed by atoms with Crippen LogP contribution in [0.1, 0.15) is 38.2 Å². The molecule has 1 N–H and O–H groups in total. The Morgan fingerprint density at radius 3 is 2.30 bits per heavy atom. The van der Waals surface area contributed by atoms with Crippen LogP contribution in [0.5, 0.6) is 0 Å². The number of nitrogens with zero attached hydrogens (tertiary/aromatic N) is 1. The van der Waals surface area contributed by atoms with E-state index in [1.165, 1.54) is 12.3 Å². The Morgan fingerprint density at radius 1 is 1.30 bits per heavy atom. The van der Waals surface area contributed by atoms with Crippen LogP contribution in [0.15, 0.2) is 12.3 Å². The first-order valence-corrected chi connectivity index (χ1v) is 6.79. The summed E-state index contributed by atoms with van der Waals surface area (Å²) < 4.78 is 11.8. The summed E-state index contributed by atoms with van der Waals surface area (Å²) >= 11 is 6.22. The molecule has 0 aromatic carbocycles. The van der Waals surface area contributed by atoms with Gasteiger partial charge in [-0.25, -0.2) is 0 Å². The van der Waals surface area contributed by atoms with E-state index in [0.717, 1.165) is 0 Å². The molecule has 1 aromatic heterocycles. The van der Waals surface area contributed by atoms with Gasteiger partial charge >= 0.3 is 7.12 Å². The number of carbonyl (C=O) groups excluding carboxylic acids is 1. The molecule has 0 spiro atoms. The quantitative estimate of drug-likeness (QED) is 0.838. The minimum Gasteiger partial charge on any atom is -0.399 e. The second kappa shape index (κ2) is 5.02. The zero-order chi connectivity index (χ0) is 15.1. The number of nitrogens with one attached hydrogen (secondary N) is 1. The third-order valence-electron chi connectivity index (χ3n) is 3.85. The normalized spacial score (nSPS) is 20.0. The molecule has 2 rings (SSSR count). The van der Waals surface area contributed by atoms with Gasteiger partial charge in [-0.2, -0.15) is 0 Å². The summed E-state index contributed by atoms with van der Waals surface area (Å²) in [6.45, 7) is 7.86. The van der Waals surface area contributed by atoms with Crippen molar-refractivity contribution in [2.45, 2.75) is 38.9 Å². The Balaban J connectivity index is 2.30. The van der Waals surface area contributed by atoms with Crippen LogP contribution in [-0.2, 0) is 9.31 Å². The molecule has 5 nitrogen and oxygen atoms in total. The van der Waals surface area contributed by atoms with Gasteiger partial charge in [-0.05, 0) is 33.8 Å². The number of amides is 1. The molecule has 1 aliphatic rings. The van der Waals surface area contributed by atoms with Crippen molar-refractivity contribution in [1.29, 1.82) is 0 Å². The summed E-state index contributed by atoms with van der Waals surface area (Å²) in [5, 5.41) is 2.90. The van der Waals surface area contributed by atoms with E-state index in [1.54, 1.807) is 7.05 Å². The van der Waals surface area contributed by atoms with E-state index in [2.05, 4.69) is 10.3 Å². The fraction of sp³-hybridized carbons (Fsp3) is 0.538. The molecule has 108 valence electrons. The largest absolute Gasteiger partial charge is 0.497 e. The van der Waals surface area contributed by atoms with Gasteiger partial charge in [0.15, 0.2) is 0 Å². The molecular formula is C13H18BClN2O3. The summed E-state index contributed by atoms with van der Waals surface area (Å²) in [5.74, 6) is -0.285. The van der Waals surface area contributed by atoms with Crippen molar-refractivity contribution in [2.75, 3.05) is 7.05 Å². The van der Waals surface area contributed by atoms with Crippen molar-refractivity contribution < 1.29 is 14.1 Å². The van der Waals surface area contributed by atoms with E-state index < -0.39 is 18.3 Å². The summed E-state index contributed by atoms with van der Waals surface area (Å²) in [6, 6.07) is 1.51. The summed E-state index contributed by atoms with van der Waals surface area (Å²) in [7, 11) is 0.957. The van der Waals surface area contributed by atoms with Crippen molar-refractivity contribution in [2.24, 2.45) is 0 Å². The molecule has 20 heavy (non-hydrogen) atoms. The lowest BCUT2D eigenvalue weighted by molar-refractivity contribution is 0.00578. The maximum Gasteiger partial charge on any atom is 0.497 e. The molecule has 1 saturated heterocycles. The average molecular weight is 297 g/mol. The summed E-state index contributed by atoms with van der Waals surface area (Å²) in [5.41, 5.74) is -0.00303. The van der Waals surface area contributed by atoms with Gasteiger partial charge in [0.1, 0.15) is 5.69 Å². The number of carbonyl (C=O) groups is 1. The first kappa shape index (κ1) is 15.3. The number of hydrogen-bond donors (Lipinski definition) is 1. The minimum absolute atomic E-state index is 0.262. The van der Waals surface area contributed by atoms with Crippen molar-refractivity contribution in [3.05, 3.63) is 23.0 Å². The Kier molecular flexibility index (Phi) is 3.84. The van der Waals surface area contributed by atoms with Crippen LogP contribution < -0.4 is 10.8 Å². The molecule has 7 heteroatoms. The first-order valence-electron chi connectivity index (χ1n) is 6.41. The fourth-order valence-corrected chi connectivity index (χ4v) is 2.08. The monoisotopic (exact) mass is 296 g/mol. The number of pyridine rings is 1. The van der Waals surface area contributed by atoms with Gasteiger partial charge in [0.2, 0.25) is 0 Å². The number of halogens is 1. The zero-order valence-electron chi connectivity index (χ0n) is 12.3. The van der Waals surface area contributed by atoms with E-state index in [4.69, 9.17) is 20.9 Å². The molecule has 1 fully saturated rings. The second-order valence-corrected chi connectivity index (χ2v) is 6.17. The summed E-state index contributed by atoms with van der Waals surface area (Å²) in [6.07, 6.45) is 1.52. The molecule has 1 amide bonds. The molecule has 0 atom stereocenters. The van der Waals surface area contributed by atoms with Crippen LogP contribution in [0.25, 0.3) is 0 Å². The maximum absolute atomic E-state index is 11.5. The van der Waals surface area contributed by atoms with Gasteiger partial charge in [-0.15, -0.1) is 0 Å². The lowest BCUT2D eigenvalue weighted by Gasteiger charge is -2.32. The van der Waals surface area contributed by atoms with Crippen molar-refractivity contribution >= 4 is 30.1 Å². The SMILES string of the molecule is CNC(=O)c1cc(Cl)c(B2OC(C)(C)C(C)(C)O2)cn1. The highest BCUT2D eigenvalue weighted by Gasteiger charge is 2.52. The number of rotatable bonds is 2. The minimum atomic E-state index is -0.585. The molecule has 0 unspecified atom stereocenters. The van der Waals surface area contributed by atoms with Crippen LogP contribution in [0.3, 0.4) is 0 Å². The van der Waals surface area contributed by atoms with Crippen molar-refractivity contribution in [1.82, 2.24) is 10.3 Å². The van der Waals surface area contributed by atoms with Gasteiger partial charge in [-0.3, -0.25) is 9.78 Å².